The van der Waals surface area contributed by atoms with Crippen molar-refractivity contribution < 1.29 is 28.7 Å². The third-order valence-corrected chi connectivity index (χ3v) is 22.3. The molecule has 2 aliphatic carbocycles. The summed E-state index contributed by atoms with van der Waals surface area (Å²) in [6.07, 6.45) is 17.0. The van der Waals surface area contributed by atoms with Crippen molar-refractivity contribution in [2.45, 2.75) is 123 Å². The molecule has 1 saturated carbocycles. The minimum atomic E-state index is -0.220. The average molecular weight is 1380 g/mol. The van der Waals surface area contributed by atoms with Crippen LogP contribution in [0.3, 0.4) is 0 Å². The molecule has 0 radical (unpaired) electrons. The average Bonchev–Trinajstić information content (AvgIpc) is 1.58. The molecule has 25 heteroatoms. The van der Waals surface area contributed by atoms with E-state index >= 15 is 0 Å². The highest BCUT2D eigenvalue weighted by Crippen LogP contribution is 2.51. The van der Waals surface area contributed by atoms with Gasteiger partial charge in [0.1, 0.15) is 40.3 Å². The lowest BCUT2D eigenvalue weighted by atomic mass is 9.88. The van der Waals surface area contributed by atoms with E-state index in [2.05, 4.69) is 107 Å². The largest absolute Gasteiger partial charge is 0.378 e. The lowest BCUT2D eigenvalue weighted by Crippen LogP contribution is -2.59. The summed E-state index contributed by atoms with van der Waals surface area (Å²) >= 11 is 6.07. The van der Waals surface area contributed by atoms with Crippen molar-refractivity contribution in [3.8, 4) is 11.1 Å². The monoisotopic (exact) mass is 1380 g/mol. The fourth-order valence-corrected chi connectivity index (χ4v) is 17.1. The molecule has 16 rings (SSSR count). The summed E-state index contributed by atoms with van der Waals surface area (Å²) in [4.78, 5) is 110. The SMILES string of the molecule is CC1(C)Cc2cc3n(c2C1)CCN(c1nccc(Cl)c1C=O)C3=O.C[C@H]1CN(C2COC2)CCN1c1ccc(Nc2cc(-c3ccnc(N4CCN5C(CC6CC(C)(C)CC65)C4=O)c3C=O)cn(C)c2=O)nc1.Cc1cc(Nc2ccc(N3CCN(C4COC4)C[C@@H]3C)cn2)c(=O)n(C)c1. The molecule has 9 aliphatic rings. The molecule has 2 N–H and O–H groups in total. The Morgan fingerprint density at radius 2 is 1.20 bits per heavy atom. The van der Waals surface area contributed by atoms with Crippen LogP contribution in [0.1, 0.15) is 109 Å². The van der Waals surface area contributed by atoms with E-state index in [0.717, 1.165) is 128 Å². The van der Waals surface area contributed by atoms with Crippen LogP contribution >= 0.6 is 11.6 Å². The maximum atomic E-state index is 13.9. The normalized spacial score (nSPS) is 23.4. The van der Waals surface area contributed by atoms with E-state index < -0.39 is 0 Å². The number of pyridine rings is 6. The Balaban J connectivity index is 0.000000140. The van der Waals surface area contributed by atoms with Crippen LogP contribution in [0, 0.1) is 23.7 Å². The van der Waals surface area contributed by atoms with E-state index in [1.165, 1.54) is 22.0 Å². The van der Waals surface area contributed by atoms with E-state index in [-0.39, 0.29) is 40.0 Å². The summed E-state index contributed by atoms with van der Waals surface area (Å²) in [7, 11) is 3.45. The molecule has 7 fully saturated rings. The predicted octanol–water partition coefficient (Wildman–Crippen LogP) is 8.41. The van der Waals surface area contributed by atoms with Gasteiger partial charge in [0.2, 0.25) is 5.91 Å². The maximum absolute atomic E-state index is 13.9. The van der Waals surface area contributed by atoms with E-state index in [0.29, 0.717) is 130 Å². The smallest absolute Gasteiger partial charge is 0.276 e. The summed E-state index contributed by atoms with van der Waals surface area (Å²) < 4.78 is 15.9. The molecule has 0 aromatic carbocycles. The first-order valence-electron chi connectivity index (χ1n) is 35.2. The van der Waals surface area contributed by atoms with Crippen molar-refractivity contribution in [2.24, 2.45) is 30.8 Å². The summed E-state index contributed by atoms with van der Waals surface area (Å²) in [6.45, 7) is 27.4. The Morgan fingerprint density at radius 3 is 1.77 bits per heavy atom. The number of anilines is 8. The number of ether oxygens (including phenoxy) is 2. The third-order valence-electron chi connectivity index (χ3n) is 22.0. The van der Waals surface area contributed by atoms with Gasteiger partial charge < -0.3 is 43.6 Å². The van der Waals surface area contributed by atoms with E-state index in [9.17, 15) is 28.8 Å². The molecule has 7 aromatic rings. The topological polar surface area (TPSA) is 234 Å². The number of piperazine rings is 3. The molecule has 5 atom stereocenters. The highest BCUT2D eigenvalue weighted by atomic mass is 35.5. The second kappa shape index (κ2) is 27.7. The van der Waals surface area contributed by atoms with Crippen LogP contribution in [0.15, 0.2) is 101 Å². The molecule has 6 saturated heterocycles. The van der Waals surface area contributed by atoms with Gasteiger partial charge in [-0.1, -0.05) is 39.3 Å². The molecule has 2 amide bonds. The highest BCUT2D eigenvalue weighted by Gasteiger charge is 2.54. The zero-order valence-corrected chi connectivity index (χ0v) is 59.5. The second-order valence-electron chi connectivity index (χ2n) is 30.3. The van der Waals surface area contributed by atoms with Gasteiger partial charge in [0.15, 0.2) is 12.6 Å². The van der Waals surface area contributed by atoms with Gasteiger partial charge in [0.25, 0.3) is 17.0 Å². The van der Waals surface area contributed by atoms with Crippen LogP contribution < -0.4 is 41.4 Å². The molecule has 3 unspecified atom stereocenters. The maximum Gasteiger partial charge on any atom is 0.276 e. The van der Waals surface area contributed by atoms with Gasteiger partial charge in [-0.05, 0) is 141 Å². The lowest BCUT2D eigenvalue weighted by Gasteiger charge is -2.46. The van der Waals surface area contributed by atoms with Gasteiger partial charge in [0.05, 0.1) is 84.5 Å². The fourth-order valence-electron chi connectivity index (χ4n) is 16.9. The number of carbonyl (C=O) groups excluding carboxylic acids is 4. The second-order valence-corrected chi connectivity index (χ2v) is 30.7. The van der Waals surface area contributed by atoms with Crippen molar-refractivity contribution in [3.05, 3.63) is 151 Å². The van der Waals surface area contributed by atoms with Crippen LogP contribution in [0.4, 0.5) is 46.0 Å². The van der Waals surface area contributed by atoms with E-state index in [1.54, 1.807) is 59.1 Å². The Morgan fingerprint density at radius 1 is 0.620 bits per heavy atom. The molecule has 0 bridgehead atoms. The highest BCUT2D eigenvalue weighted by molar-refractivity contribution is 6.33. The van der Waals surface area contributed by atoms with Crippen LogP contribution in [0.2, 0.25) is 5.02 Å². The first-order chi connectivity index (χ1) is 48.0. The number of aryl methyl sites for hydroxylation is 3. The summed E-state index contributed by atoms with van der Waals surface area (Å²) in [6, 6.07) is 19.1. The number of hydrogen-bond donors (Lipinski definition) is 2. The molecule has 100 heavy (non-hydrogen) atoms. The van der Waals surface area contributed by atoms with E-state index in [1.807, 2.05) is 55.8 Å². The minimum absolute atomic E-state index is 0.0211. The number of aromatic nitrogens is 7. The molecule has 14 heterocycles. The third kappa shape index (κ3) is 13.5. The molecular formula is C75H91ClN16O8. The van der Waals surface area contributed by atoms with Crippen molar-refractivity contribution in [1.82, 2.24) is 48.3 Å². The van der Waals surface area contributed by atoms with Crippen LogP contribution in [-0.2, 0) is 47.8 Å². The Hall–Kier alpha value is -8.65. The zero-order valence-electron chi connectivity index (χ0n) is 58.7. The Labute approximate surface area is 588 Å². The van der Waals surface area contributed by atoms with Crippen molar-refractivity contribution in [3.63, 3.8) is 0 Å². The number of nitrogens with one attached hydrogen (secondary N) is 2. The summed E-state index contributed by atoms with van der Waals surface area (Å²) in [5.41, 5.74) is 9.47. The van der Waals surface area contributed by atoms with Gasteiger partial charge >= 0.3 is 0 Å². The van der Waals surface area contributed by atoms with Gasteiger partial charge in [-0.25, -0.2) is 19.9 Å². The number of carbonyl (C=O) groups is 4. The van der Waals surface area contributed by atoms with Crippen molar-refractivity contribution >= 4 is 82.0 Å². The Bertz CT molecular complexity index is 4390. The number of rotatable bonds is 13. The number of fused-ring (bicyclic) bond motifs is 6. The summed E-state index contributed by atoms with van der Waals surface area (Å²) in [5.74, 6) is 2.39. The summed E-state index contributed by atoms with van der Waals surface area (Å²) in [5, 5.41) is 6.68. The molecule has 0 spiro atoms. The fraction of sp³-hybridized carbons (Fsp3) is 0.493. The number of nitrogens with zero attached hydrogens (tertiary/aromatic N) is 14. The van der Waals surface area contributed by atoms with E-state index in [4.69, 9.17) is 21.1 Å². The van der Waals surface area contributed by atoms with Gasteiger partial charge in [0, 0.05) is 134 Å². The first-order valence-corrected chi connectivity index (χ1v) is 35.6. The van der Waals surface area contributed by atoms with Crippen molar-refractivity contribution in [1.29, 1.82) is 0 Å². The minimum Gasteiger partial charge on any atom is -0.378 e. The van der Waals surface area contributed by atoms with Gasteiger partial charge in [-0.2, -0.15) is 0 Å². The molecule has 24 nitrogen and oxygen atoms in total. The number of halogens is 1. The molecule has 7 aliphatic heterocycles. The van der Waals surface area contributed by atoms with Gasteiger partial charge in [-0.3, -0.25) is 53.3 Å². The first kappa shape index (κ1) is 68.5. The van der Waals surface area contributed by atoms with Crippen LogP contribution in [-0.4, -0.2) is 194 Å². The predicted molar refractivity (Wildman–Crippen MR) is 387 cm³/mol. The standard InChI is InChI=1S/C37H46N8O4.C20H27N5O2.C18H18ClN3O2/c1-23-18-42(27-21-49-22-27)9-10-43(23)26-5-6-33(39-17-26)40-30-13-25(19-41(4)35(30)47)28-7-8-38-34(29(28)20-46)45-12-11-44-31(36(45)48)14-24-15-37(2,3)16-32(24)44;1-14-8-18(20(26)23(3)10-14)22-19-5-4-16(9-21-19)25-7-6-24(11-15(25)2)17-12-27-13-17;1-18(2)8-11-7-14-17(24)22(6-5-21(14)15(11)9-18)16-12(10-23)13(19)3-4-20-16/h5-8,13,17,19-20,23-24,27,31-32H,9-12,14-16,18,21-22H2,1-4H3,(H,39,40);4-5,8-10,15,17H,6-7,11-13H2,1-3H3,(H,21,22);3-4,7,10H,5-6,8-9H2,1-2H3/t23-,24?,31?,32?;15-;/m00./s1. The molecule has 526 valence electrons. The molecule has 7 aromatic heterocycles. The van der Waals surface area contributed by atoms with Gasteiger partial charge in [-0.15, -0.1) is 0 Å². The van der Waals surface area contributed by atoms with Crippen LogP contribution in [0.25, 0.3) is 11.1 Å². The molecular weight excluding hydrogens is 1290 g/mol. The lowest BCUT2D eigenvalue weighted by molar-refractivity contribution is -0.125. The van der Waals surface area contributed by atoms with Crippen LogP contribution in [0.5, 0.6) is 0 Å². The zero-order chi connectivity index (χ0) is 70.1. The number of amides is 2. The number of hydrogen-bond acceptors (Lipinski definition) is 19. The number of aldehydes is 2. The Kier molecular flexibility index (Phi) is 19.0. The quantitative estimate of drug-likeness (QED) is 0.103. The van der Waals surface area contributed by atoms with Crippen molar-refractivity contribution in [2.75, 3.05) is 116 Å².